The van der Waals surface area contributed by atoms with E-state index in [2.05, 4.69) is 18.9 Å². The second kappa shape index (κ2) is 5.21. The highest BCUT2D eigenvalue weighted by atomic mass is 32.1. The summed E-state index contributed by atoms with van der Waals surface area (Å²) >= 11 is 1.62. The lowest BCUT2D eigenvalue weighted by Gasteiger charge is -2.03. The van der Waals surface area contributed by atoms with Gasteiger partial charge in [-0.2, -0.15) is 5.10 Å². The van der Waals surface area contributed by atoms with E-state index in [1.807, 2.05) is 46.6 Å². The number of hydrogen-bond donors (Lipinski definition) is 0. The van der Waals surface area contributed by atoms with Gasteiger partial charge >= 0.3 is 0 Å². The second-order valence-electron chi connectivity index (χ2n) is 5.13. The van der Waals surface area contributed by atoms with Crippen molar-refractivity contribution >= 4 is 27.2 Å². The Kier molecular flexibility index (Phi) is 3.40. The zero-order valence-corrected chi connectivity index (χ0v) is 12.4. The number of carbonyl (C=O) groups is 1. The van der Waals surface area contributed by atoms with E-state index < -0.39 is 0 Å². The fraction of sp³-hybridized carbons (Fsp3) is 0.250. The molecule has 3 rings (SSSR count). The molecule has 1 aromatic carbocycles. The zero-order valence-electron chi connectivity index (χ0n) is 11.5. The average Bonchev–Trinajstić information content (AvgIpc) is 3.04. The van der Waals surface area contributed by atoms with Gasteiger partial charge in [0.25, 0.3) is 0 Å². The smallest absolute Gasteiger partial charge is 0.170 e. The standard InChI is InChI=1S/C16H16N2OS/c1-11(2)18-8-7-12(17-18)9-15(19)14-10-20-16-6-4-3-5-13(14)16/h3-8,10-11H,9H2,1-2H3. The lowest BCUT2D eigenvalue weighted by Crippen LogP contribution is -2.06. The fourth-order valence-corrected chi connectivity index (χ4v) is 3.18. The molecule has 0 aliphatic rings. The van der Waals surface area contributed by atoms with Gasteiger partial charge in [-0.3, -0.25) is 9.48 Å². The number of fused-ring (bicyclic) bond motifs is 1. The molecule has 4 heteroatoms. The van der Waals surface area contributed by atoms with Crippen LogP contribution in [-0.4, -0.2) is 15.6 Å². The zero-order chi connectivity index (χ0) is 14.1. The molecule has 0 radical (unpaired) electrons. The van der Waals surface area contributed by atoms with Crippen LogP contribution in [0.1, 0.15) is 35.9 Å². The summed E-state index contributed by atoms with van der Waals surface area (Å²) in [7, 11) is 0. The van der Waals surface area contributed by atoms with E-state index in [0.717, 1.165) is 21.3 Å². The summed E-state index contributed by atoms with van der Waals surface area (Å²) in [4.78, 5) is 12.4. The average molecular weight is 284 g/mol. The van der Waals surface area contributed by atoms with Crippen molar-refractivity contribution in [1.82, 2.24) is 9.78 Å². The molecule has 0 N–H and O–H groups in total. The van der Waals surface area contributed by atoms with Crippen LogP contribution >= 0.6 is 11.3 Å². The number of carbonyl (C=O) groups excluding carboxylic acids is 1. The number of aromatic nitrogens is 2. The van der Waals surface area contributed by atoms with E-state index in [-0.39, 0.29) is 5.78 Å². The van der Waals surface area contributed by atoms with Gasteiger partial charge in [-0.05, 0) is 26.0 Å². The van der Waals surface area contributed by atoms with E-state index in [0.29, 0.717) is 12.5 Å². The van der Waals surface area contributed by atoms with Crippen LogP contribution in [-0.2, 0) is 6.42 Å². The van der Waals surface area contributed by atoms with E-state index in [1.54, 1.807) is 11.3 Å². The summed E-state index contributed by atoms with van der Waals surface area (Å²) < 4.78 is 3.04. The summed E-state index contributed by atoms with van der Waals surface area (Å²) in [6.07, 6.45) is 2.29. The van der Waals surface area contributed by atoms with Gasteiger partial charge in [-0.15, -0.1) is 11.3 Å². The van der Waals surface area contributed by atoms with Crippen LogP contribution in [0.2, 0.25) is 0 Å². The van der Waals surface area contributed by atoms with E-state index in [4.69, 9.17) is 0 Å². The first-order valence-electron chi connectivity index (χ1n) is 6.68. The van der Waals surface area contributed by atoms with Crippen molar-refractivity contribution in [3.63, 3.8) is 0 Å². The molecule has 0 unspecified atom stereocenters. The third kappa shape index (κ3) is 2.39. The van der Waals surface area contributed by atoms with Crippen molar-refractivity contribution < 1.29 is 4.79 Å². The molecule has 3 nitrogen and oxygen atoms in total. The predicted octanol–water partition coefficient (Wildman–Crippen LogP) is 4.10. The molecule has 3 aromatic rings. The van der Waals surface area contributed by atoms with E-state index in [9.17, 15) is 4.79 Å². The highest BCUT2D eigenvalue weighted by Gasteiger charge is 2.14. The molecule has 0 amide bonds. The Morgan fingerprint density at radius 1 is 1.30 bits per heavy atom. The minimum absolute atomic E-state index is 0.136. The molecule has 0 spiro atoms. The summed E-state index contributed by atoms with van der Waals surface area (Å²) in [6.45, 7) is 4.15. The van der Waals surface area contributed by atoms with Gasteiger partial charge in [0.15, 0.2) is 5.78 Å². The Morgan fingerprint density at radius 3 is 2.85 bits per heavy atom. The quantitative estimate of drug-likeness (QED) is 0.676. The Labute approximate surface area is 121 Å². The number of hydrogen-bond acceptors (Lipinski definition) is 3. The third-order valence-electron chi connectivity index (χ3n) is 3.32. The normalized spacial score (nSPS) is 11.3. The molecular formula is C16H16N2OS. The maximum Gasteiger partial charge on any atom is 0.170 e. The molecule has 2 aromatic heterocycles. The number of Topliss-reactive ketones (excluding diaryl/α,β-unsaturated/α-hetero) is 1. The highest BCUT2D eigenvalue weighted by molar-refractivity contribution is 7.17. The van der Waals surface area contributed by atoms with Gasteiger partial charge in [-0.25, -0.2) is 0 Å². The molecule has 0 bridgehead atoms. The van der Waals surface area contributed by atoms with Crippen molar-refractivity contribution in [3.8, 4) is 0 Å². The van der Waals surface area contributed by atoms with Crippen molar-refractivity contribution in [1.29, 1.82) is 0 Å². The highest BCUT2D eigenvalue weighted by Crippen LogP contribution is 2.26. The minimum atomic E-state index is 0.136. The van der Waals surface area contributed by atoms with Crippen molar-refractivity contribution in [2.45, 2.75) is 26.3 Å². The number of benzene rings is 1. The summed E-state index contributed by atoms with van der Waals surface area (Å²) in [5, 5.41) is 7.44. The molecule has 0 saturated heterocycles. The molecule has 2 heterocycles. The molecule has 20 heavy (non-hydrogen) atoms. The van der Waals surface area contributed by atoms with Gasteiger partial charge in [-0.1, -0.05) is 18.2 Å². The van der Waals surface area contributed by atoms with Gasteiger partial charge in [0.2, 0.25) is 0 Å². The Bertz CT molecular complexity index is 755. The minimum Gasteiger partial charge on any atom is -0.294 e. The van der Waals surface area contributed by atoms with Crippen LogP contribution in [0.25, 0.3) is 10.1 Å². The number of thiophene rings is 1. The molecule has 0 atom stereocenters. The number of ketones is 1. The van der Waals surface area contributed by atoms with Crippen LogP contribution in [0, 0.1) is 0 Å². The SMILES string of the molecule is CC(C)n1ccc(CC(=O)c2csc3ccccc23)n1. The maximum absolute atomic E-state index is 12.4. The Morgan fingerprint density at radius 2 is 2.10 bits per heavy atom. The first-order chi connectivity index (χ1) is 9.65. The summed E-state index contributed by atoms with van der Waals surface area (Å²) in [5.41, 5.74) is 1.64. The Balaban J connectivity index is 1.85. The maximum atomic E-state index is 12.4. The number of nitrogens with zero attached hydrogens (tertiary/aromatic N) is 2. The fourth-order valence-electron chi connectivity index (χ4n) is 2.21. The molecule has 0 aliphatic carbocycles. The van der Waals surface area contributed by atoms with Crippen LogP contribution in [0.15, 0.2) is 41.9 Å². The summed E-state index contributed by atoms with van der Waals surface area (Å²) in [5.74, 6) is 0.136. The number of rotatable bonds is 4. The van der Waals surface area contributed by atoms with Crippen LogP contribution in [0.5, 0.6) is 0 Å². The molecule has 102 valence electrons. The van der Waals surface area contributed by atoms with E-state index >= 15 is 0 Å². The van der Waals surface area contributed by atoms with Crippen molar-refractivity contribution in [2.75, 3.05) is 0 Å². The molecule has 0 aliphatic heterocycles. The van der Waals surface area contributed by atoms with Gasteiger partial charge in [0.1, 0.15) is 0 Å². The van der Waals surface area contributed by atoms with Gasteiger partial charge in [0, 0.05) is 33.3 Å². The van der Waals surface area contributed by atoms with Gasteiger partial charge < -0.3 is 0 Å². The van der Waals surface area contributed by atoms with Gasteiger partial charge in [0.05, 0.1) is 12.1 Å². The van der Waals surface area contributed by atoms with Crippen molar-refractivity contribution in [2.24, 2.45) is 0 Å². The Hall–Kier alpha value is -1.94. The molecular weight excluding hydrogens is 268 g/mol. The lowest BCUT2D eigenvalue weighted by molar-refractivity contribution is 0.0993. The van der Waals surface area contributed by atoms with Crippen LogP contribution in [0.4, 0.5) is 0 Å². The lowest BCUT2D eigenvalue weighted by atomic mass is 10.1. The first-order valence-corrected chi connectivity index (χ1v) is 7.56. The van der Waals surface area contributed by atoms with Crippen molar-refractivity contribution in [3.05, 3.63) is 53.2 Å². The molecule has 0 saturated carbocycles. The van der Waals surface area contributed by atoms with Crippen LogP contribution < -0.4 is 0 Å². The second-order valence-corrected chi connectivity index (χ2v) is 6.04. The van der Waals surface area contributed by atoms with Crippen LogP contribution in [0.3, 0.4) is 0 Å². The van der Waals surface area contributed by atoms with E-state index in [1.165, 1.54) is 0 Å². The summed E-state index contributed by atoms with van der Waals surface area (Å²) in [6, 6.07) is 10.3. The topological polar surface area (TPSA) is 34.9 Å². The molecule has 0 fully saturated rings. The predicted molar refractivity (Wildman–Crippen MR) is 82.5 cm³/mol. The monoisotopic (exact) mass is 284 g/mol. The first kappa shape index (κ1) is 13.1. The third-order valence-corrected chi connectivity index (χ3v) is 4.28. The largest absolute Gasteiger partial charge is 0.294 e.